The molecule has 0 saturated heterocycles. The second-order valence-corrected chi connectivity index (χ2v) is 5.74. The molecule has 1 aliphatic carbocycles. The molecule has 116 valence electrons. The number of carbonyl (C=O) groups excluding carboxylic acids is 1. The number of carbonyl (C=O) groups is 2. The lowest BCUT2D eigenvalue weighted by atomic mass is 9.78. The molecule has 1 aliphatic rings. The molecule has 0 saturated carbocycles. The van der Waals surface area contributed by atoms with Gasteiger partial charge in [0.2, 0.25) is 5.91 Å². The largest absolute Gasteiger partial charge is 0.481 e. The van der Waals surface area contributed by atoms with Crippen LogP contribution < -0.4 is 5.32 Å². The Bertz CT molecular complexity index is 621. The Morgan fingerprint density at radius 3 is 2.55 bits per heavy atom. The molecule has 2 rings (SSSR count). The molecular weight excluding hydrogens is 302 g/mol. The standard InChI is InChI=1S/C17H18ClNO3/c1-2-17(10-4-3-5-14(17)16(21)22)19-15(20)11-12-6-8-13(18)9-7-12/h3-10,14H,2,11H2,1H3,(H,19,20)(H,21,22). The monoisotopic (exact) mass is 319 g/mol. The number of benzene rings is 1. The lowest BCUT2D eigenvalue weighted by molar-refractivity contribution is -0.142. The maximum Gasteiger partial charge on any atom is 0.313 e. The average Bonchev–Trinajstić information content (AvgIpc) is 2.49. The third kappa shape index (κ3) is 3.57. The van der Waals surface area contributed by atoms with E-state index >= 15 is 0 Å². The van der Waals surface area contributed by atoms with Gasteiger partial charge in [0.1, 0.15) is 5.92 Å². The van der Waals surface area contributed by atoms with Gasteiger partial charge in [0.05, 0.1) is 12.0 Å². The summed E-state index contributed by atoms with van der Waals surface area (Å²) in [6, 6.07) is 7.02. The Hall–Kier alpha value is -2.07. The Kier molecular flexibility index (Phi) is 5.03. The third-order valence-electron chi connectivity index (χ3n) is 3.86. The molecule has 2 N–H and O–H groups in total. The zero-order valence-electron chi connectivity index (χ0n) is 12.3. The summed E-state index contributed by atoms with van der Waals surface area (Å²) in [4.78, 5) is 23.8. The van der Waals surface area contributed by atoms with Crippen LogP contribution in [0.1, 0.15) is 18.9 Å². The highest BCUT2D eigenvalue weighted by Gasteiger charge is 2.40. The van der Waals surface area contributed by atoms with E-state index in [2.05, 4.69) is 5.32 Å². The smallest absolute Gasteiger partial charge is 0.313 e. The van der Waals surface area contributed by atoms with Crippen LogP contribution >= 0.6 is 11.6 Å². The van der Waals surface area contributed by atoms with Crippen molar-refractivity contribution in [1.82, 2.24) is 5.32 Å². The van der Waals surface area contributed by atoms with Gasteiger partial charge < -0.3 is 10.4 Å². The Labute approximate surface area is 134 Å². The molecule has 0 aromatic heterocycles. The molecule has 2 unspecified atom stereocenters. The predicted molar refractivity (Wildman–Crippen MR) is 85.7 cm³/mol. The van der Waals surface area contributed by atoms with Gasteiger partial charge in [-0.1, -0.05) is 55.0 Å². The Morgan fingerprint density at radius 2 is 1.95 bits per heavy atom. The van der Waals surface area contributed by atoms with Crippen LogP contribution in [-0.2, 0) is 16.0 Å². The van der Waals surface area contributed by atoms with Crippen molar-refractivity contribution in [2.24, 2.45) is 5.92 Å². The van der Waals surface area contributed by atoms with E-state index in [-0.39, 0.29) is 12.3 Å². The van der Waals surface area contributed by atoms with E-state index in [1.165, 1.54) is 0 Å². The van der Waals surface area contributed by atoms with E-state index in [1.807, 2.05) is 6.92 Å². The van der Waals surface area contributed by atoms with Crippen molar-refractivity contribution in [1.29, 1.82) is 0 Å². The van der Waals surface area contributed by atoms with Crippen LogP contribution in [0.3, 0.4) is 0 Å². The second kappa shape index (κ2) is 6.79. The predicted octanol–water partition coefficient (Wildman–Crippen LogP) is 2.97. The van der Waals surface area contributed by atoms with Crippen LogP contribution in [-0.4, -0.2) is 22.5 Å². The highest BCUT2D eigenvalue weighted by atomic mass is 35.5. The maximum absolute atomic E-state index is 12.3. The maximum atomic E-state index is 12.3. The molecule has 0 radical (unpaired) electrons. The number of rotatable bonds is 5. The van der Waals surface area contributed by atoms with Crippen molar-refractivity contribution in [2.75, 3.05) is 0 Å². The van der Waals surface area contributed by atoms with Gasteiger partial charge in [0, 0.05) is 5.02 Å². The van der Waals surface area contributed by atoms with Gasteiger partial charge in [0.15, 0.2) is 0 Å². The molecular formula is C17H18ClNO3. The molecule has 0 aliphatic heterocycles. The molecule has 1 amide bonds. The summed E-state index contributed by atoms with van der Waals surface area (Å²) in [5.41, 5.74) is -0.0558. The van der Waals surface area contributed by atoms with E-state index in [1.54, 1.807) is 48.6 Å². The summed E-state index contributed by atoms with van der Waals surface area (Å²) in [6.07, 6.45) is 7.50. The summed E-state index contributed by atoms with van der Waals surface area (Å²) < 4.78 is 0. The van der Waals surface area contributed by atoms with E-state index in [4.69, 9.17) is 11.6 Å². The minimum Gasteiger partial charge on any atom is -0.481 e. The number of halogens is 1. The Balaban J connectivity index is 2.13. The number of carboxylic acids is 1. The summed E-state index contributed by atoms with van der Waals surface area (Å²) in [5, 5.41) is 12.9. The highest BCUT2D eigenvalue weighted by Crippen LogP contribution is 2.28. The van der Waals surface area contributed by atoms with Crippen LogP contribution in [0.2, 0.25) is 5.02 Å². The van der Waals surface area contributed by atoms with Crippen LogP contribution in [0.5, 0.6) is 0 Å². The number of allylic oxidation sites excluding steroid dienone is 2. The lowest BCUT2D eigenvalue weighted by Gasteiger charge is -2.36. The molecule has 1 aromatic carbocycles. The highest BCUT2D eigenvalue weighted by molar-refractivity contribution is 6.30. The fourth-order valence-electron chi connectivity index (χ4n) is 2.62. The molecule has 0 spiro atoms. The first kappa shape index (κ1) is 16.3. The van der Waals surface area contributed by atoms with Crippen molar-refractivity contribution >= 4 is 23.5 Å². The molecule has 0 fully saturated rings. The van der Waals surface area contributed by atoms with Gasteiger partial charge in [0.25, 0.3) is 0 Å². The number of nitrogens with one attached hydrogen (secondary N) is 1. The first-order chi connectivity index (χ1) is 10.5. The van der Waals surface area contributed by atoms with E-state index in [9.17, 15) is 14.7 Å². The fourth-order valence-corrected chi connectivity index (χ4v) is 2.74. The zero-order valence-corrected chi connectivity index (χ0v) is 13.0. The van der Waals surface area contributed by atoms with E-state index in [0.29, 0.717) is 11.4 Å². The van der Waals surface area contributed by atoms with Gasteiger partial charge in [-0.2, -0.15) is 0 Å². The molecule has 0 bridgehead atoms. The average molecular weight is 320 g/mol. The quantitative estimate of drug-likeness (QED) is 0.877. The van der Waals surface area contributed by atoms with Crippen molar-refractivity contribution in [2.45, 2.75) is 25.3 Å². The van der Waals surface area contributed by atoms with Crippen LogP contribution in [0.25, 0.3) is 0 Å². The number of carboxylic acid groups (broad SMARTS) is 1. The lowest BCUT2D eigenvalue weighted by Crippen LogP contribution is -2.54. The molecule has 0 heterocycles. The second-order valence-electron chi connectivity index (χ2n) is 5.31. The van der Waals surface area contributed by atoms with Crippen LogP contribution in [0.15, 0.2) is 48.6 Å². The van der Waals surface area contributed by atoms with Crippen molar-refractivity contribution in [3.8, 4) is 0 Å². The minimum absolute atomic E-state index is 0.183. The SMILES string of the molecule is CCC1(NC(=O)Cc2ccc(Cl)cc2)C=CC=CC1C(=O)O. The normalized spacial score (nSPS) is 23.3. The first-order valence-electron chi connectivity index (χ1n) is 7.11. The summed E-state index contributed by atoms with van der Waals surface area (Å²) in [7, 11) is 0. The topological polar surface area (TPSA) is 66.4 Å². The van der Waals surface area contributed by atoms with Crippen molar-refractivity contribution in [3.05, 3.63) is 59.2 Å². The van der Waals surface area contributed by atoms with Gasteiger partial charge in [-0.15, -0.1) is 0 Å². The Morgan fingerprint density at radius 1 is 1.27 bits per heavy atom. The summed E-state index contributed by atoms with van der Waals surface area (Å²) in [5.74, 6) is -1.93. The van der Waals surface area contributed by atoms with Crippen LogP contribution in [0.4, 0.5) is 0 Å². The molecule has 5 heteroatoms. The number of hydrogen-bond acceptors (Lipinski definition) is 2. The van der Waals surface area contributed by atoms with Gasteiger partial charge in [-0.3, -0.25) is 9.59 Å². The van der Waals surface area contributed by atoms with Gasteiger partial charge >= 0.3 is 5.97 Å². The van der Waals surface area contributed by atoms with E-state index in [0.717, 1.165) is 5.56 Å². The van der Waals surface area contributed by atoms with Gasteiger partial charge in [-0.25, -0.2) is 0 Å². The zero-order chi connectivity index (χ0) is 16.2. The number of amides is 1. The minimum atomic E-state index is -0.950. The number of hydrogen-bond donors (Lipinski definition) is 2. The van der Waals surface area contributed by atoms with Crippen LogP contribution in [0, 0.1) is 5.92 Å². The van der Waals surface area contributed by atoms with Crippen molar-refractivity contribution < 1.29 is 14.7 Å². The molecule has 2 atom stereocenters. The summed E-state index contributed by atoms with van der Waals surface area (Å²) >= 11 is 5.82. The van der Waals surface area contributed by atoms with Crippen molar-refractivity contribution in [3.63, 3.8) is 0 Å². The third-order valence-corrected chi connectivity index (χ3v) is 4.12. The first-order valence-corrected chi connectivity index (χ1v) is 7.49. The van der Waals surface area contributed by atoms with Gasteiger partial charge in [-0.05, 0) is 24.1 Å². The molecule has 1 aromatic rings. The van der Waals surface area contributed by atoms with E-state index < -0.39 is 17.4 Å². The molecule has 4 nitrogen and oxygen atoms in total. The fraction of sp³-hybridized carbons (Fsp3) is 0.294. The molecule has 22 heavy (non-hydrogen) atoms. The summed E-state index contributed by atoms with van der Waals surface area (Å²) in [6.45, 7) is 1.86. The number of aliphatic carboxylic acids is 1.